The lowest BCUT2D eigenvalue weighted by molar-refractivity contribution is 1.11. The minimum atomic E-state index is 0.444. The summed E-state index contributed by atoms with van der Waals surface area (Å²) in [6, 6.07) is 15.5. The van der Waals surface area contributed by atoms with Gasteiger partial charge in [0, 0.05) is 5.69 Å². The third-order valence-electron chi connectivity index (χ3n) is 2.68. The molecule has 0 saturated carbocycles. The Kier molecular flexibility index (Phi) is 2.27. The normalized spacial score (nSPS) is 10.9. The number of halogens is 1. The van der Waals surface area contributed by atoms with E-state index in [0.29, 0.717) is 11.0 Å². The van der Waals surface area contributed by atoms with Crippen LogP contribution in [0, 0.1) is 0 Å². The maximum atomic E-state index is 6.10. The van der Waals surface area contributed by atoms with Gasteiger partial charge in [-0.15, -0.1) is 0 Å². The van der Waals surface area contributed by atoms with Crippen LogP contribution in [0.3, 0.4) is 0 Å². The van der Waals surface area contributed by atoms with Gasteiger partial charge in [0.05, 0.1) is 10.5 Å². The average molecular weight is 244 g/mol. The number of hydrogen-bond acceptors (Lipinski definition) is 2. The first-order valence-corrected chi connectivity index (χ1v) is 5.63. The molecular weight excluding hydrogens is 234 g/mol. The summed E-state index contributed by atoms with van der Waals surface area (Å²) in [5.74, 6) is 0.444. The molecule has 1 heterocycles. The van der Waals surface area contributed by atoms with E-state index < -0.39 is 0 Å². The van der Waals surface area contributed by atoms with Crippen molar-refractivity contribution in [2.45, 2.75) is 0 Å². The molecule has 0 aliphatic rings. The van der Waals surface area contributed by atoms with Crippen molar-refractivity contribution < 1.29 is 0 Å². The largest absolute Gasteiger partial charge is 0.369 e. The zero-order valence-electron chi connectivity index (χ0n) is 8.97. The van der Waals surface area contributed by atoms with E-state index in [1.807, 2.05) is 53.1 Å². The van der Waals surface area contributed by atoms with Crippen LogP contribution in [0.5, 0.6) is 0 Å². The number of fused-ring (bicyclic) bond motifs is 1. The maximum absolute atomic E-state index is 6.10. The summed E-state index contributed by atoms with van der Waals surface area (Å²) in [5, 5.41) is 0.615. The molecule has 3 aromatic rings. The van der Waals surface area contributed by atoms with Gasteiger partial charge in [-0.05, 0) is 24.3 Å². The molecule has 1 aromatic heterocycles. The molecule has 0 saturated heterocycles. The van der Waals surface area contributed by atoms with Crippen LogP contribution >= 0.6 is 11.6 Å². The number of hydrogen-bond donors (Lipinski definition) is 1. The average Bonchev–Trinajstić information content (AvgIpc) is 2.68. The zero-order chi connectivity index (χ0) is 11.8. The van der Waals surface area contributed by atoms with Crippen molar-refractivity contribution in [3.8, 4) is 5.69 Å². The molecule has 0 aliphatic heterocycles. The van der Waals surface area contributed by atoms with Crippen molar-refractivity contribution >= 4 is 28.6 Å². The number of para-hydroxylation sites is 2. The second-order valence-corrected chi connectivity index (χ2v) is 4.16. The fourth-order valence-corrected chi connectivity index (χ4v) is 2.14. The first-order valence-electron chi connectivity index (χ1n) is 5.25. The molecule has 4 heteroatoms. The highest BCUT2D eigenvalue weighted by Gasteiger charge is 2.11. The first-order chi connectivity index (χ1) is 8.27. The van der Waals surface area contributed by atoms with E-state index in [0.717, 1.165) is 16.7 Å². The first kappa shape index (κ1) is 10.2. The third kappa shape index (κ3) is 1.56. The second kappa shape index (κ2) is 3.79. The molecule has 0 fully saturated rings. The number of nitrogens with two attached hydrogens (primary N) is 1. The summed E-state index contributed by atoms with van der Waals surface area (Å²) in [6.07, 6.45) is 0. The van der Waals surface area contributed by atoms with Crippen molar-refractivity contribution in [3.63, 3.8) is 0 Å². The van der Waals surface area contributed by atoms with E-state index in [4.69, 9.17) is 17.3 Å². The van der Waals surface area contributed by atoms with Gasteiger partial charge in [0.25, 0.3) is 0 Å². The van der Waals surface area contributed by atoms with E-state index in [-0.39, 0.29) is 0 Å². The number of benzene rings is 2. The molecule has 0 bridgehead atoms. The summed E-state index contributed by atoms with van der Waals surface area (Å²) < 4.78 is 1.89. The Balaban J connectivity index is 2.37. The van der Waals surface area contributed by atoms with Gasteiger partial charge >= 0.3 is 0 Å². The molecule has 0 radical (unpaired) electrons. The molecule has 3 nitrogen and oxygen atoms in total. The monoisotopic (exact) mass is 243 g/mol. The van der Waals surface area contributed by atoms with Crippen molar-refractivity contribution in [1.82, 2.24) is 9.55 Å². The molecule has 17 heavy (non-hydrogen) atoms. The highest BCUT2D eigenvalue weighted by Crippen LogP contribution is 2.27. The Morgan fingerprint density at radius 1 is 1.00 bits per heavy atom. The summed E-state index contributed by atoms with van der Waals surface area (Å²) >= 11 is 6.10. The van der Waals surface area contributed by atoms with E-state index in [1.165, 1.54) is 0 Å². The summed E-state index contributed by atoms with van der Waals surface area (Å²) in [5.41, 5.74) is 8.58. The van der Waals surface area contributed by atoms with Crippen LogP contribution in [-0.4, -0.2) is 9.55 Å². The smallest absolute Gasteiger partial charge is 0.205 e. The van der Waals surface area contributed by atoms with Gasteiger partial charge in [-0.25, -0.2) is 4.98 Å². The lowest BCUT2D eigenvalue weighted by Crippen LogP contribution is -1.99. The quantitative estimate of drug-likeness (QED) is 0.713. The predicted molar refractivity (Wildman–Crippen MR) is 70.5 cm³/mol. The van der Waals surface area contributed by atoms with Crippen LogP contribution in [-0.2, 0) is 0 Å². The standard InChI is InChI=1S/C13H10ClN3/c14-10-7-4-8-11-12(10)16-13(15)17(11)9-5-2-1-3-6-9/h1-8H,(H2,15,16). The Bertz CT molecular complexity index is 674. The molecule has 84 valence electrons. The number of anilines is 1. The molecule has 2 N–H and O–H groups in total. The van der Waals surface area contributed by atoms with Gasteiger partial charge in [0.15, 0.2) is 0 Å². The second-order valence-electron chi connectivity index (χ2n) is 3.75. The Morgan fingerprint density at radius 2 is 1.76 bits per heavy atom. The molecule has 0 unspecified atom stereocenters. The van der Waals surface area contributed by atoms with E-state index in [9.17, 15) is 0 Å². The number of rotatable bonds is 1. The minimum Gasteiger partial charge on any atom is -0.369 e. The van der Waals surface area contributed by atoms with E-state index in [2.05, 4.69) is 4.98 Å². The maximum Gasteiger partial charge on any atom is 0.205 e. The number of nitrogen functional groups attached to an aromatic ring is 1. The highest BCUT2D eigenvalue weighted by molar-refractivity contribution is 6.35. The molecule has 0 amide bonds. The zero-order valence-corrected chi connectivity index (χ0v) is 9.72. The Labute approximate surface area is 103 Å². The van der Waals surface area contributed by atoms with Crippen LogP contribution in [0.15, 0.2) is 48.5 Å². The summed E-state index contributed by atoms with van der Waals surface area (Å²) in [4.78, 5) is 4.30. The number of imidazole rings is 1. The fourth-order valence-electron chi connectivity index (χ4n) is 1.93. The van der Waals surface area contributed by atoms with Crippen molar-refractivity contribution in [2.75, 3.05) is 5.73 Å². The van der Waals surface area contributed by atoms with Gasteiger partial charge < -0.3 is 5.73 Å². The highest BCUT2D eigenvalue weighted by atomic mass is 35.5. The molecular formula is C13H10ClN3. The van der Waals surface area contributed by atoms with Gasteiger partial charge in [0.2, 0.25) is 5.95 Å². The van der Waals surface area contributed by atoms with Crippen LogP contribution in [0.1, 0.15) is 0 Å². The lowest BCUT2D eigenvalue weighted by atomic mass is 10.3. The number of nitrogens with zero attached hydrogens (tertiary/aromatic N) is 2. The SMILES string of the molecule is Nc1nc2c(Cl)cccc2n1-c1ccccc1. The van der Waals surface area contributed by atoms with Crippen LogP contribution in [0.2, 0.25) is 5.02 Å². The molecule has 0 atom stereocenters. The van der Waals surface area contributed by atoms with Crippen LogP contribution in [0.25, 0.3) is 16.7 Å². The van der Waals surface area contributed by atoms with Crippen molar-refractivity contribution in [1.29, 1.82) is 0 Å². The van der Waals surface area contributed by atoms with E-state index >= 15 is 0 Å². The molecule has 0 spiro atoms. The van der Waals surface area contributed by atoms with Crippen LogP contribution in [0.4, 0.5) is 5.95 Å². The molecule has 2 aromatic carbocycles. The van der Waals surface area contributed by atoms with Crippen molar-refractivity contribution in [3.05, 3.63) is 53.6 Å². The Hall–Kier alpha value is -2.00. The topological polar surface area (TPSA) is 43.8 Å². The summed E-state index contributed by atoms with van der Waals surface area (Å²) in [6.45, 7) is 0. The minimum absolute atomic E-state index is 0.444. The van der Waals surface area contributed by atoms with E-state index in [1.54, 1.807) is 0 Å². The van der Waals surface area contributed by atoms with Gasteiger partial charge in [-0.3, -0.25) is 4.57 Å². The molecule has 0 aliphatic carbocycles. The van der Waals surface area contributed by atoms with Gasteiger partial charge in [-0.1, -0.05) is 35.9 Å². The predicted octanol–water partition coefficient (Wildman–Crippen LogP) is 3.26. The van der Waals surface area contributed by atoms with Gasteiger partial charge in [-0.2, -0.15) is 0 Å². The van der Waals surface area contributed by atoms with Crippen LogP contribution < -0.4 is 5.73 Å². The third-order valence-corrected chi connectivity index (χ3v) is 2.98. The lowest BCUT2D eigenvalue weighted by Gasteiger charge is -2.05. The fraction of sp³-hybridized carbons (Fsp3) is 0. The number of aromatic nitrogens is 2. The molecule has 3 rings (SSSR count). The van der Waals surface area contributed by atoms with Gasteiger partial charge in [0.1, 0.15) is 5.52 Å². The Morgan fingerprint density at radius 3 is 2.53 bits per heavy atom. The van der Waals surface area contributed by atoms with Crippen molar-refractivity contribution in [2.24, 2.45) is 0 Å². The summed E-state index contributed by atoms with van der Waals surface area (Å²) in [7, 11) is 0.